The summed E-state index contributed by atoms with van der Waals surface area (Å²) in [6.45, 7) is 2.00. The van der Waals surface area contributed by atoms with Gasteiger partial charge in [-0.25, -0.2) is 0 Å². The molecule has 2 heterocycles. The Kier molecular flexibility index (Phi) is 2.16. The van der Waals surface area contributed by atoms with Crippen LogP contribution in [-0.2, 0) is 11.2 Å². The Bertz CT molecular complexity index is 646. The van der Waals surface area contributed by atoms with Crippen molar-refractivity contribution in [3.8, 4) is 11.3 Å². The summed E-state index contributed by atoms with van der Waals surface area (Å²) in [6.07, 6.45) is 0.438. The first-order valence-electron chi connectivity index (χ1n) is 5.69. The average molecular weight is 243 g/mol. The Balaban J connectivity index is 2.25. The fourth-order valence-corrected chi connectivity index (χ4v) is 2.40. The van der Waals surface area contributed by atoms with Crippen molar-refractivity contribution in [3.05, 3.63) is 29.3 Å². The number of anilines is 2. The minimum absolute atomic E-state index is 0.0910. The number of nitrogens with zero attached hydrogens (tertiary/aromatic N) is 2. The number of amides is 1. The number of rotatable bonds is 1. The van der Waals surface area contributed by atoms with Crippen LogP contribution in [0.3, 0.4) is 0 Å². The summed E-state index contributed by atoms with van der Waals surface area (Å²) < 4.78 is 4.90. The van der Waals surface area contributed by atoms with Crippen LogP contribution in [0.15, 0.2) is 22.7 Å². The van der Waals surface area contributed by atoms with Crippen LogP contribution >= 0.6 is 0 Å². The number of benzene rings is 1. The summed E-state index contributed by atoms with van der Waals surface area (Å²) in [4.78, 5) is 13.5. The van der Waals surface area contributed by atoms with Gasteiger partial charge in [-0.1, -0.05) is 16.8 Å². The molecule has 1 aromatic heterocycles. The molecule has 0 radical (unpaired) electrons. The Labute approximate surface area is 104 Å². The molecule has 0 saturated heterocycles. The number of aryl methyl sites for hydroxylation is 1. The van der Waals surface area contributed by atoms with Gasteiger partial charge in [-0.3, -0.25) is 4.79 Å². The Hall–Kier alpha value is -2.30. The minimum atomic E-state index is 0.0910. The van der Waals surface area contributed by atoms with Gasteiger partial charge in [0.2, 0.25) is 11.8 Å². The lowest BCUT2D eigenvalue weighted by Gasteiger charge is -2.14. The van der Waals surface area contributed by atoms with E-state index in [1.807, 2.05) is 19.1 Å². The molecule has 2 aromatic rings. The monoisotopic (exact) mass is 243 g/mol. The van der Waals surface area contributed by atoms with E-state index in [1.165, 1.54) is 0 Å². The van der Waals surface area contributed by atoms with Crippen LogP contribution in [0.5, 0.6) is 0 Å². The third-order valence-electron chi connectivity index (χ3n) is 3.19. The lowest BCUT2D eigenvalue weighted by Crippen LogP contribution is -2.21. The van der Waals surface area contributed by atoms with E-state index in [0.717, 1.165) is 22.4 Å². The number of nitrogens with two attached hydrogens (primary N) is 1. The van der Waals surface area contributed by atoms with Gasteiger partial charge in [-0.15, -0.1) is 0 Å². The van der Waals surface area contributed by atoms with Crippen molar-refractivity contribution >= 4 is 17.5 Å². The predicted octanol–water partition coefficient (Wildman–Crippen LogP) is 1.75. The summed E-state index contributed by atoms with van der Waals surface area (Å²) in [7, 11) is 1.77. The summed E-state index contributed by atoms with van der Waals surface area (Å²) >= 11 is 0. The molecule has 0 atom stereocenters. The lowest BCUT2D eigenvalue weighted by molar-refractivity contribution is -0.117. The number of fused-ring (bicyclic) bond motifs is 1. The highest BCUT2D eigenvalue weighted by Crippen LogP contribution is 2.38. The molecule has 1 amide bonds. The van der Waals surface area contributed by atoms with Crippen molar-refractivity contribution in [2.75, 3.05) is 17.7 Å². The van der Waals surface area contributed by atoms with Gasteiger partial charge in [0, 0.05) is 18.7 Å². The molecule has 18 heavy (non-hydrogen) atoms. The molecule has 1 aliphatic heterocycles. The second kappa shape index (κ2) is 3.60. The molecule has 0 unspecified atom stereocenters. The molecule has 1 aliphatic rings. The zero-order valence-electron chi connectivity index (χ0n) is 10.2. The predicted molar refractivity (Wildman–Crippen MR) is 68.2 cm³/mol. The SMILES string of the molecule is Cc1cc2c(c(-c3cc(N)on3)c1)N(C)C(=O)C2. The van der Waals surface area contributed by atoms with E-state index in [0.29, 0.717) is 12.1 Å². The molecule has 0 fully saturated rings. The number of likely N-dealkylation sites (N-methyl/N-ethyl adjacent to an activating group) is 1. The maximum absolute atomic E-state index is 11.8. The van der Waals surface area contributed by atoms with Crippen LogP contribution < -0.4 is 10.6 Å². The lowest BCUT2D eigenvalue weighted by atomic mass is 10.0. The van der Waals surface area contributed by atoms with Gasteiger partial charge >= 0.3 is 0 Å². The summed E-state index contributed by atoms with van der Waals surface area (Å²) in [6, 6.07) is 5.70. The first kappa shape index (κ1) is 10.8. The highest BCUT2D eigenvalue weighted by molar-refractivity contribution is 6.05. The van der Waals surface area contributed by atoms with Crippen molar-refractivity contribution in [2.24, 2.45) is 0 Å². The molecule has 5 heteroatoms. The van der Waals surface area contributed by atoms with Crippen LogP contribution in [-0.4, -0.2) is 18.1 Å². The smallest absolute Gasteiger partial charge is 0.231 e. The van der Waals surface area contributed by atoms with E-state index in [1.54, 1.807) is 18.0 Å². The number of nitrogen functional groups attached to an aromatic ring is 1. The first-order chi connectivity index (χ1) is 8.56. The molecule has 92 valence electrons. The van der Waals surface area contributed by atoms with Gasteiger partial charge in [0.05, 0.1) is 12.1 Å². The summed E-state index contributed by atoms with van der Waals surface area (Å²) in [5.41, 5.74) is 10.1. The Morgan fingerprint density at radius 2 is 2.17 bits per heavy atom. The number of hydrogen-bond acceptors (Lipinski definition) is 4. The number of carbonyl (C=O) groups excluding carboxylic acids is 1. The molecule has 0 aliphatic carbocycles. The van der Waals surface area contributed by atoms with Gasteiger partial charge < -0.3 is 15.2 Å². The number of carbonyl (C=O) groups is 1. The molecule has 0 saturated carbocycles. The Morgan fingerprint density at radius 1 is 1.39 bits per heavy atom. The van der Waals surface area contributed by atoms with Crippen LogP contribution in [0.25, 0.3) is 11.3 Å². The highest BCUT2D eigenvalue weighted by Gasteiger charge is 2.28. The number of hydrogen-bond donors (Lipinski definition) is 1. The standard InChI is InChI=1S/C13H13N3O2/c1-7-3-8-5-12(17)16(2)13(8)9(4-7)10-6-11(14)18-15-10/h3-4,6H,5,14H2,1-2H3. The summed E-state index contributed by atoms with van der Waals surface area (Å²) in [5, 5.41) is 3.93. The second-order valence-electron chi connectivity index (χ2n) is 4.56. The normalized spacial score (nSPS) is 14.1. The molecule has 0 bridgehead atoms. The van der Waals surface area contributed by atoms with E-state index >= 15 is 0 Å². The quantitative estimate of drug-likeness (QED) is 0.828. The van der Waals surface area contributed by atoms with E-state index in [4.69, 9.17) is 10.3 Å². The maximum Gasteiger partial charge on any atom is 0.231 e. The largest absolute Gasteiger partial charge is 0.368 e. The zero-order chi connectivity index (χ0) is 12.9. The average Bonchev–Trinajstić information content (AvgIpc) is 2.84. The van der Waals surface area contributed by atoms with Crippen LogP contribution in [0.1, 0.15) is 11.1 Å². The van der Waals surface area contributed by atoms with E-state index in [-0.39, 0.29) is 11.8 Å². The van der Waals surface area contributed by atoms with Crippen molar-refractivity contribution in [2.45, 2.75) is 13.3 Å². The second-order valence-corrected chi connectivity index (χ2v) is 4.56. The summed E-state index contributed by atoms with van der Waals surface area (Å²) in [5.74, 6) is 0.362. The third kappa shape index (κ3) is 1.48. The minimum Gasteiger partial charge on any atom is -0.368 e. The van der Waals surface area contributed by atoms with Crippen molar-refractivity contribution in [3.63, 3.8) is 0 Å². The van der Waals surface area contributed by atoms with Crippen molar-refractivity contribution in [1.82, 2.24) is 5.16 Å². The zero-order valence-corrected chi connectivity index (χ0v) is 10.2. The molecule has 0 spiro atoms. The molecular formula is C13H13N3O2. The fraction of sp³-hybridized carbons (Fsp3) is 0.231. The number of aromatic nitrogens is 1. The van der Waals surface area contributed by atoms with Crippen molar-refractivity contribution < 1.29 is 9.32 Å². The molecule has 5 nitrogen and oxygen atoms in total. The van der Waals surface area contributed by atoms with Gasteiger partial charge in [0.25, 0.3) is 0 Å². The van der Waals surface area contributed by atoms with E-state index in [2.05, 4.69) is 5.16 Å². The van der Waals surface area contributed by atoms with Gasteiger partial charge in [0.1, 0.15) is 5.69 Å². The molecule has 2 N–H and O–H groups in total. The van der Waals surface area contributed by atoms with Crippen molar-refractivity contribution in [1.29, 1.82) is 0 Å². The first-order valence-corrected chi connectivity index (χ1v) is 5.69. The molecular weight excluding hydrogens is 230 g/mol. The molecule has 3 rings (SSSR count). The highest BCUT2D eigenvalue weighted by atomic mass is 16.5. The van der Waals surface area contributed by atoms with Gasteiger partial charge in [-0.2, -0.15) is 0 Å². The Morgan fingerprint density at radius 3 is 2.83 bits per heavy atom. The molecule has 1 aromatic carbocycles. The third-order valence-corrected chi connectivity index (χ3v) is 3.19. The van der Waals surface area contributed by atoms with Gasteiger partial charge in [-0.05, 0) is 18.6 Å². The van der Waals surface area contributed by atoms with Crippen LogP contribution in [0, 0.1) is 6.92 Å². The van der Waals surface area contributed by atoms with E-state index < -0.39 is 0 Å². The van der Waals surface area contributed by atoms with Crippen LogP contribution in [0.2, 0.25) is 0 Å². The topological polar surface area (TPSA) is 72.4 Å². The fourth-order valence-electron chi connectivity index (χ4n) is 2.40. The van der Waals surface area contributed by atoms with E-state index in [9.17, 15) is 4.79 Å². The van der Waals surface area contributed by atoms with Crippen LogP contribution in [0.4, 0.5) is 11.6 Å². The van der Waals surface area contributed by atoms with Gasteiger partial charge in [0.15, 0.2) is 0 Å². The maximum atomic E-state index is 11.8.